The van der Waals surface area contributed by atoms with E-state index < -0.39 is 17.3 Å². The number of terminal acetylenes is 1. The summed E-state index contributed by atoms with van der Waals surface area (Å²) in [5.41, 5.74) is -0.185. The van der Waals surface area contributed by atoms with Gasteiger partial charge in [-0.15, -0.1) is 12.3 Å². The number of aromatic nitrogens is 1. The van der Waals surface area contributed by atoms with Gasteiger partial charge < -0.3 is 9.84 Å². The van der Waals surface area contributed by atoms with E-state index in [1.165, 1.54) is 10.6 Å². The first-order valence-corrected chi connectivity index (χ1v) is 6.07. The van der Waals surface area contributed by atoms with Gasteiger partial charge >= 0.3 is 5.97 Å². The number of carbonyl (C=O) groups is 1. The topological polar surface area (TPSA) is 68.0 Å². The molecule has 5 heteroatoms. The van der Waals surface area contributed by atoms with Gasteiger partial charge in [0.25, 0.3) is 5.56 Å². The summed E-state index contributed by atoms with van der Waals surface area (Å²) < 4.78 is 6.08. The fraction of sp³-hybridized carbons (Fsp3) is 0.200. The van der Waals surface area contributed by atoms with Crippen LogP contribution in [0.25, 0.3) is 5.52 Å². The molecule has 0 fully saturated rings. The van der Waals surface area contributed by atoms with Gasteiger partial charge in [-0.2, -0.15) is 0 Å². The van der Waals surface area contributed by atoms with Crippen LogP contribution in [-0.4, -0.2) is 22.1 Å². The second-order valence-electron chi connectivity index (χ2n) is 4.06. The highest BCUT2D eigenvalue weighted by Crippen LogP contribution is 2.25. The quantitative estimate of drug-likeness (QED) is 0.676. The minimum Gasteiger partial charge on any atom is -0.506 e. The minimum atomic E-state index is -0.855. The van der Waals surface area contributed by atoms with Crippen LogP contribution in [0.15, 0.2) is 29.2 Å². The maximum atomic E-state index is 12.3. The molecule has 102 valence electrons. The summed E-state index contributed by atoms with van der Waals surface area (Å²) >= 11 is 0. The summed E-state index contributed by atoms with van der Waals surface area (Å²) in [6, 6.07) is 5.03. The molecular weight excluding hydrogens is 258 g/mol. The van der Waals surface area contributed by atoms with Crippen LogP contribution in [0.2, 0.25) is 0 Å². The molecule has 0 unspecified atom stereocenters. The van der Waals surface area contributed by atoms with Crippen molar-refractivity contribution >= 4 is 11.5 Å². The lowest BCUT2D eigenvalue weighted by atomic mass is 10.1. The Morgan fingerprint density at radius 2 is 2.25 bits per heavy atom. The second kappa shape index (κ2) is 5.49. The predicted molar refractivity (Wildman–Crippen MR) is 73.8 cm³/mol. The molecule has 0 aromatic carbocycles. The Bertz CT molecular complexity index is 768. The van der Waals surface area contributed by atoms with Gasteiger partial charge in [0.2, 0.25) is 0 Å². The van der Waals surface area contributed by atoms with E-state index in [1.807, 2.05) is 0 Å². The van der Waals surface area contributed by atoms with Gasteiger partial charge in [0.05, 0.1) is 12.1 Å². The first-order valence-electron chi connectivity index (χ1n) is 6.07. The lowest BCUT2D eigenvalue weighted by molar-refractivity contribution is 0.0520. The molecule has 0 bridgehead atoms. The SMILES string of the molecule is C#CCc1c(O)c(C(=O)OCC)c(=O)n2ccccc12. The van der Waals surface area contributed by atoms with Crippen LogP contribution in [0.5, 0.6) is 5.75 Å². The zero-order valence-electron chi connectivity index (χ0n) is 10.9. The largest absolute Gasteiger partial charge is 0.506 e. The normalized spacial score (nSPS) is 10.2. The van der Waals surface area contributed by atoms with Gasteiger partial charge in [-0.3, -0.25) is 9.20 Å². The zero-order valence-corrected chi connectivity index (χ0v) is 10.9. The third-order valence-corrected chi connectivity index (χ3v) is 2.88. The van der Waals surface area contributed by atoms with Crippen LogP contribution in [0, 0.1) is 12.3 Å². The predicted octanol–water partition coefficient (Wildman–Crippen LogP) is 1.36. The average Bonchev–Trinajstić information content (AvgIpc) is 2.44. The average molecular weight is 271 g/mol. The van der Waals surface area contributed by atoms with E-state index in [0.717, 1.165) is 0 Å². The molecule has 0 aliphatic heterocycles. The van der Waals surface area contributed by atoms with Crippen molar-refractivity contribution in [2.24, 2.45) is 0 Å². The highest BCUT2D eigenvalue weighted by molar-refractivity contribution is 5.93. The van der Waals surface area contributed by atoms with Gasteiger partial charge in [0, 0.05) is 18.2 Å². The van der Waals surface area contributed by atoms with Gasteiger partial charge in [0.15, 0.2) is 5.56 Å². The van der Waals surface area contributed by atoms with Gasteiger partial charge in [-0.05, 0) is 19.1 Å². The van der Waals surface area contributed by atoms with Gasteiger partial charge in [-0.25, -0.2) is 4.79 Å². The molecule has 2 heterocycles. The third kappa shape index (κ3) is 2.12. The number of aromatic hydroxyl groups is 1. The van der Waals surface area contributed by atoms with Crippen LogP contribution in [0.1, 0.15) is 22.8 Å². The summed E-state index contributed by atoms with van der Waals surface area (Å²) in [6.07, 6.45) is 6.90. The number of carbonyl (C=O) groups excluding carboxylic acids is 1. The van der Waals surface area contributed by atoms with Crippen LogP contribution in [-0.2, 0) is 11.2 Å². The third-order valence-electron chi connectivity index (χ3n) is 2.88. The summed E-state index contributed by atoms with van der Waals surface area (Å²) in [5, 5.41) is 10.2. The number of nitrogens with zero attached hydrogens (tertiary/aromatic N) is 1. The standard InChI is InChI=1S/C15H13NO4/c1-3-7-10-11-8-5-6-9-16(11)14(18)12(13(10)17)15(19)20-4-2/h1,5-6,8-9,17H,4,7H2,2H3. The van der Waals surface area contributed by atoms with E-state index in [-0.39, 0.29) is 18.6 Å². The van der Waals surface area contributed by atoms with Crippen molar-refractivity contribution in [1.82, 2.24) is 4.40 Å². The fourth-order valence-electron chi connectivity index (χ4n) is 2.02. The molecule has 2 aromatic heterocycles. The molecule has 0 atom stereocenters. The molecule has 2 rings (SSSR count). The van der Waals surface area contributed by atoms with Crippen molar-refractivity contribution in [2.75, 3.05) is 6.61 Å². The molecule has 0 saturated heterocycles. The Morgan fingerprint density at radius 3 is 2.90 bits per heavy atom. The minimum absolute atomic E-state index is 0.103. The molecule has 0 aliphatic carbocycles. The molecule has 0 aliphatic rings. The van der Waals surface area contributed by atoms with E-state index in [4.69, 9.17) is 11.2 Å². The lowest BCUT2D eigenvalue weighted by Gasteiger charge is -2.11. The zero-order chi connectivity index (χ0) is 14.7. The molecule has 0 saturated carbocycles. The van der Waals surface area contributed by atoms with E-state index in [9.17, 15) is 14.7 Å². The monoisotopic (exact) mass is 271 g/mol. The number of fused-ring (bicyclic) bond motifs is 1. The van der Waals surface area contributed by atoms with Crippen LogP contribution < -0.4 is 5.56 Å². The van der Waals surface area contributed by atoms with Crippen molar-refractivity contribution in [3.63, 3.8) is 0 Å². The first kappa shape index (κ1) is 13.7. The Morgan fingerprint density at radius 1 is 1.50 bits per heavy atom. The molecular formula is C15H13NO4. The molecule has 5 nitrogen and oxygen atoms in total. The Balaban J connectivity index is 2.86. The molecule has 20 heavy (non-hydrogen) atoms. The summed E-state index contributed by atoms with van der Waals surface area (Å²) in [5.74, 6) is 1.15. The number of ether oxygens (including phenoxy) is 1. The van der Waals surface area contributed by atoms with Crippen LogP contribution in [0.4, 0.5) is 0 Å². The summed E-state index contributed by atoms with van der Waals surface area (Å²) in [4.78, 5) is 24.1. The van der Waals surface area contributed by atoms with Crippen LogP contribution >= 0.6 is 0 Å². The summed E-state index contributed by atoms with van der Waals surface area (Å²) in [6.45, 7) is 1.73. The van der Waals surface area contributed by atoms with Crippen molar-refractivity contribution in [1.29, 1.82) is 0 Å². The smallest absolute Gasteiger partial charge is 0.347 e. The number of pyridine rings is 2. The molecule has 1 N–H and O–H groups in total. The van der Waals surface area contributed by atoms with E-state index in [1.54, 1.807) is 25.1 Å². The van der Waals surface area contributed by atoms with Crippen LogP contribution in [0.3, 0.4) is 0 Å². The Kier molecular flexibility index (Phi) is 3.76. The molecule has 0 amide bonds. The highest BCUT2D eigenvalue weighted by atomic mass is 16.5. The van der Waals surface area contributed by atoms with Crippen molar-refractivity contribution in [3.05, 3.63) is 45.9 Å². The molecule has 0 radical (unpaired) electrons. The van der Waals surface area contributed by atoms with Crippen molar-refractivity contribution < 1.29 is 14.6 Å². The Labute approximate surface area is 115 Å². The number of hydrogen-bond donors (Lipinski definition) is 1. The maximum Gasteiger partial charge on any atom is 0.347 e. The van der Waals surface area contributed by atoms with Gasteiger partial charge in [-0.1, -0.05) is 6.07 Å². The number of esters is 1. The van der Waals surface area contributed by atoms with E-state index in [0.29, 0.717) is 11.1 Å². The highest BCUT2D eigenvalue weighted by Gasteiger charge is 2.23. The number of rotatable bonds is 3. The van der Waals surface area contributed by atoms with Crippen molar-refractivity contribution in [2.45, 2.75) is 13.3 Å². The Hall–Kier alpha value is -2.74. The molecule has 0 spiro atoms. The molecule has 2 aromatic rings. The van der Waals surface area contributed by atoms with Crippen molar-refractivity contribution in [3.8, 4) is 18.1 Å². The first-order chi connectivity index (χ1) is 9.61. The van der Waals surface area contributed by atoms with Gasteiger partial charge in [0.1, 0.15) is 5.75 Å². The number of hydrogen-bond acceptors (Lipinski definition) is 4. The maximum absolute atomic E-state index is 12.3. The van der Waals surface area contributed by atoms with E-state index in [2.05, 4.69) is 5.92 Å². The fourth-order valence-corrected chi connectivity index (χ4v) is 2.02. The van der Waals surface area contributed by atoms with E-state index >= 15 is 0 Å². The summed E-state index contributed by atoms with van der Waals surface area (Å²) in [7, 11) is 0. The second-order valence-corrected chi connectivity index (χ2v) is 4.06. The lowest BCUT2D eigenvalue weighted by Crippen LogP contribution is -2.24.